The summed E-state index contributed by atoms with van der Waals surface area (Å²) < 4.78 is 69.0. The standard InChI is InChI=1S/C23H29F3N4O3S/c1-17-21(16-20(27(17)2)22(31)29-9-4-3-5-10-29)34(32,33)30-13-11-28(12-14-30)19-8-6-7-18(15-19)23(24,25)26/h6-8,15-16H,3-5,9-14H2,1-2H3. The van der Waals surface area contributed by atoms with E-state index in [1.807, 2.05) is 0 Å². The van der Waals surface area contributed by atoms with Crippen molar-refractivity contribution >= 4 is 21.6 Å². The van der Waals surface area contributed by atoms with Crippen LogP contribution in [0.25, 0.3) is 0 Å². The number of sulfonamides is 1. The number of carbonyl (C=O) groups is 1. The molecular weight excluding hydrogens is 469 g/mol. The molecule has 2 saturated heterocycles. The van der Waals surface area contributed by atoms with Gasteiger partial charge >= 0.3 is 6.18 Å². The van der Waals surface area contributed by atoms with Gasteiger partial charge in [0, 0.05) is 57.7 Å². The van der Waals surface area contributed by atoms with Gasteiger partial charge < -0.3 is 14.4 Å². The molecule has 0 radical (unpaired) electrons. The highest BCUT2D eigenvalue weighted by Gasteiger charge is 2.34. The number of alkyl halides is 3. The lowest BCUT2D eigenvalue weighted by molar-refractivity contribution is -0.137. The number of aromatic nitrogens is 1. The number of hydrogen-bond donors (Lipinski definition) is 0. The minimum atomic E-state index is -4.44. The van der Waals surface area contributed by atoms with E-state index in [0.717, 1.165) is 31.4 Å². The highest BCUT2D eigenvalue weighted by molar-refractivity contribution is 7.89. The molecule has 4 rings (SSSR count). The minimum Gasteiger partial charge on any atom is -0.369 e. The van der Waals surface area contributed by atoms with Crippen molar-refractivity contribution in [2.75, 3.05) is 44.2 Å². The Morgan fingerprint density at radius 1 is 0.941 bits per heavy atom. The van der Waals surface area contributed by atoms with E-state index in [9.17, 15) is 26.4 Å². The van der Waals surface area contributed by atoms with Crippen LogP contribution in [0, 0.1) is 6.92 Å². The third-order valence-electron chi connectivity index (χ3n) is 6.75. The molecule has 34 heavy (non-hydrogen) atoms. The molecule has 0 bridgehead atoms. The average Bonchev–Trinajstić information content (AvgIpc) is 3.14. The molecule has 2 aromatic rings. The maximum atomic E-state index is 13.4. The molecule has 11 heteroatoms. The van der Waals surface area contributed by atoms with E-state index in [2.05, 4.69) is 0 Å². The number of anilines is 1. The Morgan fingerprint density at radius 3 is 2.21 bits per heavy atom. The van der Waals surface area contributed by atoms with Crippen molar-refractivity contribution in [3.8, 4) is 0 Å². The van der Waals surface area contributed by atoms with E-state index in [-0.39, 0.29) is 37.0 Å². The summed E-state index contributed by atoms with van der Waals surface area (Å²) in [6.07, 6.45) is -1.47. The second kappa shape index (κ2) is 9.26. The van der Waals surface area contributed by atoms with Gasteiger partial charge in [-0.05, 0) is 50.5 Å². The third kappa shape index (κ3) is 4.68. The van der Waals surface area contributed by atoms with E-state index in [0.29, 0.717) is 30.2 Å². The lowest BCUT2D eigenvalue weighted by atomic mass is 10.1. The molecule has 0 atom stereocenters. The number of piperazine rings is 1. The fourth-order valence-electron chi connectivity index (χ4n) is 4.60. The van der Waals surface area contributed by atoms with Crippen molar-refractivity contribution in [2.45, 2.75) is 37.3 Å². The summed E-state index contributed by atoms with van der Waals surface area (Å²) in [5.41, 5.74) is 0.518. The van der Waals surface area contributed by atoms with Crippen LogP contribution in [0.5, 0.6) is 0 Å². The van der Waals surface area contributed by atoms with Crippen molar-refractivity contribution in [2.24, 2.45) is 7.05 Å². The van der Waals surface area contributed by atoms with Gasteiger partial charge in [0.25, 0.3) is 5.91 Å². The first-order chi connectivity index (χ1) is 16.0. The normalized spacial score (nSPS) is 18.4. The van der Waals surface area contributed by atoms with Gasteiger partial charge in [0.05, 0.1) is 5.56 Å². The summed E-state index contributed by atoms with van der Waals surface area (Å²) in [5.74, 6) is -0.166. The molecule has 0 aliphatic carbocycles. The zero-order valence-electron chi connectivity index (χ0n) is 19.3. The fraction of sp³-hybridized carbons (Fsp3) is 0.522. The van der Waals surface area contributed by atoms with Crippen molar-refractivity contribution in [1.29, 1.82) is 0 Å². The molecule has 0 unspecified atom stereocenters. The van der Waals surface area contributed by atoms with Gasteiger partial charge in [-0.15, -0.1) is 0 Å². The van der Waals surface area contributed by atoms with Gasteiger partial charge in [-0.3, -0.25) is 4.79 Å². The first-order valence-electron chi connectivity index (χ1n) is 11.4. The van der Waals surface area contributed by atoms with Crippen LogP contribution >= 0.6 is 0 Å². The second-order valence-electron chi connectivity index (χ2n) is 8.83. The number of piperidine rings is 1. The van der Waals surface area contributed by atoms with E-state index in [1.54, 1.807) is 34.4 Å². The van der Waals surface area contributed by atoms with Crippen LogP contribution in [-0.4, -0.2) is 67.4 Å². The maximum absolute atomic E-state index is 13.4. The maximum Gasteiger partial charge on any atom is 0.416 e. The molecule has 1 aromatic carbocycles. The zero-order chi connectivity index (χ0) is 24.7. The van der Waals surface area contributed by atoms with E-state index in [4.69, 9.17) is 0 Å². The van der Waals surface area contributed by atoms with Crippen LogP contribution in [0.1, 0.15) is 41.0 Å². The van der Waals surface area contributed by atoms with Crippen LogP contribution in [-0.2, 0) is 23.2 Å². The Hall–Kier alpha value is -2.53. The summed E-state index contributed by atoms with van der Waals surface area (Å²) in [5, 5.41) is 0. The van der Waals surface area contributed by atoms with Crippen LogP contribution < -0.4 is 4.90 Å². The third-order valence-corrected chi connectivity index (χ3v) is 8.76. The lowest BCUT2D eigenvalue weighted by Gasteiger charge is -2.35. The first-order valence-corrected chi connectivity index (χ1v) is 12.8. The minimum absolute atomic E-state index is 0.0999. The van der Waals surface area contributed by atoms with Crippen LogP contribution in [0.4, 0.5) is 18.9 Å². The first kappa shape index (κ1) is 24.6. The monoisotopic (exact) mass is 498 g/mol. The fourth-order valence-corrected chi connectivity index (χ4v) is 6.29. The predicted molar refractivity (Wildman–Crippen MR) is 122 cm³/mol. The van der Waals surface area contributed by atoms with Gasteiger partial charge in [-0.25, -0.2) is 8.42 Å². The Bertz CT molecular complexity index is 1160. The van der Waals surface area contributed by atoms with Crippen molar-refractivity contribution in [3.63, 3.8) is 0 Å². The lowest BCUT2D eigenvalue weighted by Crippen LogP contribution is -2.48. The molecule has 2 aliphatic rings. The topological polar surface area (TPSA) is 65.9 Å². The summed E-state index contributed by atoms with van der Waals surface area (Å²) in [6.45, 7) is 3.84. The molecule has 186 valence electrons. The number of amides is 1. The summed E-state index contributed by atoms with van der Waals surface area (Å²) in [7, 11) is -2.17. The molecule has 2 fully saturated rings. The van der Waals surface area contributed by atoms with E-state index >= 15 is 0 Å². The van der Waals surface area contributed by atoms with E-state index in [1.165, 1.54) is 16.4 Å². The van der Waals surface area contributed by atoms with Gasteiger partial charge in [0.1, 0.15) is 10.6 Å². The number of likely N-dealkylation sites (tertiary alicyclic amines) is 1. The van der Waals surface area contributed by atoms with Gasteiger partial charge in [-0.2, -0.15) is 17.5 Å². The van der Waals surface area contributed by atoms with Crippen LogP contribution in [0.2, 0.25) is 0 Å². The molecule has 1 aromatic heterocycles. The summed E-state index contributed by atoms with van der Waals surface area (Å²) in [6, 6.07) is 6.52. The number of hydrogen-bond acceptors (Lipinski definition) is 4. The molecule has 3 heterocycles. The van der Waals surface area contributed by atoms with Gasteiger partial charge in [-0.1, -0.05) is 6.07 Å². The largest absolute Gasteiger partial charge is 0.416 e. The highest BCUT2D eigenvalue weighted by Crippen LogP contribution is 2.32. The molecule has 0 N–H and O–H groups in total. The number of carbonyl (C=O) groups excluding carboxylic acids is 1. The molecule has 2 aliphatic heterocycles. The summed E-state index contributed by atoms with van der Waals surface area (Å²) in [4.78, 5) is 16.6. The van der Waals surface area contributed by atoms with Crippen molar-refractivity contribution in [3.05, 3.63) is 47.3 Å². The number of nitrogens with zero attached hydrogens (tertiary/aromatic N) is 4. The number of benzene rings is 1. The Balaban J connectivity index is 1.50. The van der Waals surface area contributed by atoms with E-state index < -0.39 is 21.8 Å². The van der Waals surface area contributed by atoms with Gasteiger partial charge in [0.15, 0.2) is 0 Å². The van der Waals surface area contributed by atoms with Crippen molar-refractivity contribution in [1.82, 2.24) is 13.8 Å². The van der Waals surface area contributed by atoms with Crippen molar-refractivity contribution < 1.29 is 26.4 Å². The quantitative estimate of drug-likeness (QED) is 0.648. The molecular formula is C23H29F3N4O3S. The number of halogens is 3. The Morgan fingerprint density at radius 2 is 1.59 bits per heavy atom. The highest BCUT2D eigenvalue weighted by atomic mass is 32.2. The second-order valence-corrected chi connectivity index (χ2v) is 10.7. The zero-order valence-corrected chi connectivity index (χ0v) is 20.1. The Kier molecular flexibility index (Phi) is 6.69. The average molecular weight is 499 g/mol. The Labute approximate surface area is 197 Å². The molecule has 0 saturated carbocycles. The van der Waals surface area contributed by atoms with Crippen LogP contribution in [0.15, 0.2) is 35.2 Å². The molecule has 1 amide bonds. The van der Waals surface area contributed by atoms with Gasteiger partial charge in [0.2, 0.25) is 10.0 Å². The summed E-state index contributed by atoms with van der Waals surface area (Å²) >= 11 is 0. The SMILES string of the molecule is Cc1c(S(=O)(=O)N2CCN(c3cccc(C(F)(F)F)c3)CC2)cc(C(=O)N2CCCCC2)n1C. The molecule has 0 spiro atoms. The molecule has 7 nitrogen and oxygen atoms in total. The smallest absolute Gasteiger partial charge is 0.369 e. The predicted octanol–water partition coefficient (Wildman–Crippen LogP) is 3.49. The van der Waals surface area contributed by atoms with Crippen LogP contribution in [0.3, 0.4) is 0 Å². The number of rotatable bonds is 4.